The molecule has 0 bridgehead atoms. The van der Waals surface area contributed by atoms with Crippen molar-refractivity contribution in [1.82, 2.24) is 0 Å². The predicted molar refractivity (Wildman–Crippen MR) is 117 cm³/mol. The number of carbonyl (C=O) groups is 3. The number of ketones is 2. The highest BCUT2D eigenvalue weighted by Gasteiger charge is 2.10. The molecule has 0 heterocycles. The van der Waals surface area contributed by atoms with E-state index in [1.54, 1.807) is 0 Å². The molecule has 0 fully saturated rings. The maximum Gasteiger partial charge on any atom is 0.305 e. The van der Waals surface area contributed by atoms with Gasteiger partial charge in [0.15, 0.2) is 0 Å². The smallest absolute Gasteiger partial charge is 0.305 e. The van der Waals surface area contributed by atoms with Crippen molar-refractivity contribution in [2.75, 3.05) is 19.8 Å². The van der Waals surface area contributed by atoms with E-state index in [1.807, 2.05) is 20.8 Å². The van der Waals surface area contributed by atoms with Crippen LogP contribution < -0.4 is 0 Å². The minimum absolute atomic E-state index is 0.169. The topological polar surface area (TPSA) is 69.7 Å². The standard InChI is InChI=1S/C24H44O5/c1-5-12-24(27)29-18-10-15-22(25)14-9-7-8-13-20(3)19-28-17-11-16-23(26)21(4)6-2/h20-21H,5-19H2,1-4H3. The third-order valence-electron chi connectivity index (χ3n) is 5.25. The van der Waals surface area contributed by atoms with Crippen molar-refractivity contribution in [3.05, 3.63) is 0 Å². The Hall–Kier alpha value is -1.23. The van der Waals surface area contributed by atoms with Crippen molar-refractivity contribution in [3.63, 3.8) is 0 Å². The van der Waals surface area contributed by atoms with Crippen LogP contribution >= 0.6 is 0 Å². The molecule has 0 rings (SSSR count). The summed E-state index contributed by atoms with van der Waals surface area (Å²) in [7, 11) is 0. The molecule has 0 radical (unpaired) electrons. The van der Waals surface area contributed by atoms with Gasteiger partial charge < -0.3 is 9.47 Å². The molecule has 0 N–H and O–H groups in total. The normalized spacial score (nSPS) is 13.1. The van der Waals surface area contributed by atoms with Crippen LogP contribution in [0.15, 0.2) is 0 Å². The molecule has 5 heteroatoms. The fourth-order valence-corrected chi connectivity index (χ4v) is 3.04. The maximum atomic E-state index is 11.8. The number of ether oxygens (including phenoxy) is 2. The Kier molecular flexibility index (Phi) is 18.0. The summed E-state index contributed by atoms with van der Waals surface area (Å²) >= 11 is 0. The SMILES string of the molecule is CCCC(=O)OCCCC(=O)CCCCCC(C)COCCCC(=O)C(C)CC. The van der Waals surface area contributed by atoms with Crippen LogP contribution in [0.2, 0.25) is 0 Å². The summed E-state index contributed by atoms with van der Waals surface area (Å²) in [5.74, 6) is 1.12. The van der Waals surface area contributed by atoms with E-state index in [0.717, 1.165) is 51.6 Å². The van der Waals surface area contributed by atoms with Crippen molar-refractivity contribution < 1.29 is 23.9 Å². The summed E-state index contributed by atoms with van der Waals surface area (Å²) in [6, 6.07) is 0. The van der Waals surface area contributed by atoms with Gasteiger partial charge in [0.1, 0.15) is 11.6 Å². The number of hydrogen-bond donors (Lipinski definition) is 0. The van der Waals surface area contributed by atoms with Crippen LogP contribution in [0.3, 0.4) is 0 Å². The van der Waals surface area contributed by atoms with Gasteiger partial charge in [-0.15, -0.1) is 0 Å². The molecule has 0 aromatic carbocycles. The summed E-state index contributed by atoms with van der Waals surface area (Å²) in [6.07, 6.45) is 9.56. The van der Waals surface area contributed by atoms with Crippen LogP contribution in [0.1, 0.15) is 105 Å². The lowest BCUT2D eigenvalue weighted by atomic mass is 10.00. The fourth-order valence-electron chi connectivity index (χ4n) is 3.04. The predicted octanol–water partition coefficient (Wildman–Crippen LogP) is 5.68. The minimum Gasteiger partial charge on any atom is -0.466 e. The van der Waals surface area contributed by atoms with Gasteiger partial charge in [-0.05, 0) is 44.4 Å². The van der Waals surface area contributed by atoms with E-state index in [2.05, 4.69) is 6.92 Å². The van der Waals surface area contributed by atoms with Crippen molar-refractivity contribution in [2.45, 2.75) is 105 Å². The van der Waals surface area contributed by atoms with E-state index < -0.39 is 0 Å². The summed E-state index contributed by atoms with van der Waals surface area (Å²) in [5, 5.41) is 0. The highest BCUT2D eigenvalue weighted by molar-refractivity contribution is 5.80. The van der Waals surface area contributed by atoms with Gasteiger partial charge in [0.05, 0.1) is 6.61 Å². The molecule has 2 unspecified atom stereocenters. The van der Waals surface area contributed by atoms with E-state index in [4.69, 9.17) is 9.47 Å². The molecule has 0 aromatic rings. The zero-order valence-corrected chi connectivity index (χ0v) is 19.3. The molecule has 29 heavy (non-hydrogen) atoms. The molecular weight excluding hydrogens is 368 g/mol. The van der Waals surface area contributed by atoms with E-state index in [1.165, 1.54) is 0 Å². The third kappa shape index (κ3) is 17.3. The first-order chi connectivity index (χ1) is 13.9. The van der Waals surface area contributed by atoms with Crippen LogP contribution in [0.25, 0.3) is 0 Å². The molecule has 170 valence electrons. The lowest BCUT2D eigenvalue weighted by Gasteiger charge is -2.12. The Labute approximate surface area is 178 Å². The van der Waals surface area contributed by atoms with Gasteiger partial charge in [-0.2, -0.15) is 0 Å². The van der Waals surface area contributed by atoms with E-state index >= 15 is 0 Å². The van der Waals surface area contributed by atoms with Crippen LogP contribution in [-0.4, -0.2) is 37.4 Å². The second-order valence-electron chi connectivity index (χ2n) is 8.27. The highest BCUT2D eigenvalue weighted by Crippen LogP contribution is 2.13. The Balaban J connectivity index is 3.48. The molecule has 0 aliphatic carbocycles. The number of rotatable bonds is 20. The second kappa shape index (κ2) is 18.8. The monoisotopic (exact) mass is 412 g/mol. The molecule has 0 amide bonds. The van der Waals surface area contributed by atoms with Crippen LogP contribution in [0.4, 0.5) is 0 Å². The van der Waals surface area contributed by atoms with E-state index in [-0.39, 0.29) is 17.7 Å². The van der Waals surface area contributed by atoms with Crippen molar-refractivity contribution in [3.8, 4) is 0 Å². The molecule has 0 aliphatic rings. The molecule has 0 aromatic heterocycles. The average molecular weight is 413 g/mol. The van der Waals surface area contributed by atoms with Crippen LogP contribution in [-0.2, 0) is 23.9 Å². The fraction of sp³-hybridized carbons (Fsp3) is 0.875. The van der Waals surface area contributed by atoms with Gasteiger partial charge >= 0.3 is 5.97 Å². The number of unbranched alkanes of at least 4 members (excludes halogenated alkanes) is 2. The summed E-state index contributed by atoms with van der Waals surface area (Å²) < 4.78 is 10.8. The Morgan fingerprint density at radius 1 is 0.793 bits per heavy atom. The number of carbonyl (C=O) groups excluding carboxylic acids is 3. The van der Waals surface area contributed by atoms with Crippen LogP contribution in [0.5, 0.6) is 0 Å². The first kappa shape index (κ1) is 27.8. The average Bonchev–Trinajstić information content (AvgIpc) is 2.70. The van der Waals surface area contributed by atoms with E-state index in [0.29, 0.717) is 57.0 Å². The lowest BCUT2D eigenvalue weighted by Crippen LogP contribution is -2.12. The Bertz CT molecular complexity index is 447. The van der Waals surface area contributed by atoms with Crippen molar-refractivity contribution in [2.24, 2.45) is 11.8 Å². The Morgan fingerprint density at radius 2 is 1.48 bits per heavy atom. The minimum atomic E-state index is -0.169. The lowest BCUT2D eigenvalue weighted by molar-refractivity contribution is -0.144. The van der Waals surface area contributed by atoms with Gasteiger partial charge in [0.2, 0.25) is 0 Å². The first-order valence-electron chi connectivity index (χ1n) is 11.7. The number of esters is 1. The van der Waals surface area contributed by atoms with Gasteiger partial charge in [0.25, 0.3) is 0 Å². The molecule has 0 saturated carbocycles. The quantitative estimate of drug-likeness (QED) is 0.190. The van der Waals surface area contributed by atoms with Crippen LogP contribution in [0, 0.1) is 11.8 Å². The van der Waals surface area contributed by atoms with Gasteiger partial charge in [-0.25, -0.2) is 0 Å². The zero-order valence-electron chi connectivity index (χ0n) is 19.3. The molecule has 0 saturated heterocycles. The second-order valence-corrected chi connectivity index (χ2v) is 8.27. The molecule has 0 spiro atoms. The largest absolute Gasteiger partial charge is 0.466 e. The van der Waals surface area contributed by atoms with Gasteiger partial charge in [0, 0.05) is 44.8 Å². The van der Waals surface area contributed by atoms with Gasteiger partial charge in [-0.3, -0.25) is 14.4 Å². The summed E-state index contributed by atoms with van der Waals surface area (Å²) in [6.45, 7) is 9.93. The van der Waals surface area contributed by atoms with Crippen molar-refractivity contribution in [1.29, 1.82) is 0 Å². The van der Waals surface area contributed by atoms with E-state index in [9.17, 15) is 14.4 Å². The molecular formula is C24H44O5. The highest BCUT2D eigenvalue weighted by atomic mass is 16.5. The molecule has 2 atom stereocenters. The van der Waals surface area contributed by atoms with Crippen molar-refractivity contribution >= 4 is 17.5 Å². The number of hydrogen-bond acceptors (Lipinski definition) is 5. The first-order valence-corrected chi connectivity index (χ1v) is 11.7. The zero-order chi connectivity index (χ0) is 21.9. The Morgan fingerprint density at radius 3 is 2.17 bits per heavy atom. The summed E-state index contributed by atoms with van der Waals surface area (Å²) in [4.78, 5) is 34.8. The summed E-state index contributed by atoms with van der Waals surface area (Å²) in [5.41, 5.74) is 0. The maximum absolute atomic E-state index is 11.8. The van der Waals surface area contributed by atoms with Gasteiger partial charge in [-0.1, -0.05) is 40.5 Å². The molecule has 0 aliphatic heterocycles. The molecule has 5 nitrogen and oxygen atoms in total. The third-order valence-corrected chi connectivity index (χ3v) is 5.25. The number of Topliss-reactive ketones (excluding diaryl/α,β-unsaturated/α-hetero) is 2.